The van der Waals surface area contributed by atoms with Crippen LogP contribution in [-0.2, 0) is 10.1 Å². The van der Waals surface area contributed by atoms with Crippen molar-refractivity contribution in [2.24, 2.45) is 0 Å². The molecule has 0 fully saturated rings. The third-order valence-electron chi connectivity index (χ3n) is 2.63. The molecule has 0 unspecified atom stereocenters. The van der Waals surface area contributed by atoms with Gasteiger partial charge in [-0.3, -0.25) is 4.55 Å². The molecule has 0 amide bonds. The van der Waals surface area contributed by atoms with Crippen LogP contribution in [0, 0.1) is 9.39 Å². The van der Waals surface area contributed by atoms with Crippen LogP contribution in [-0.4, -0.2) is 13.0 Å². The van der Waals surface area contributed by atoms with Crippen LogP contribution in [0.25, 0.3) is 0 Å². The Hall–Kier alpha value is -0.990. The van der Waals surface area contributed by atoms with Gasteiger partial charge in [0, 0.05) is 3.57 Å². The van der Waals surface area contributed by atoms with Crippen molar-refractivity contribution >= 4 is 32.7 Å². The van der Waals surface area contributed by atoms with E-state index in [1.165, 1.54) is 15.2 Å². The summed E-state index contributed by atoms with van der Waals surface area (Å²) in [4.78, 5) is -0.433. The summed E-state index contributed by atoms with van der Waals surface area (Å²) < 4.78 is 42.8. The minimum atomic E-state index is -4.27. The first-order chi connectivity index (χ1) is 9.70. The highest BCUT2D eigenvalue weighted by atomic mass is 127. The Labute approximate surface area is 138 Å². The molecule has 21 heavy (non-hydrogen) atoms. The number of hydrogen-bond acceptors (Lipinski definition) is 2. The first kappa shape index (κ1) is 18.1. The van der Waals surface area contributed by atoms with Gasteiger partial charge in [-0.2, -0.15) is 8.42 Å². The molecule has 0 spiro atoms. The number of hydrogen-bond donors (Lipinski definition) is 1. The maximum absolute atomic E-state index is 12.3. The largest absolute Gasteiger partial charge is 0.294 e. The maximum Gasteiger partial charge on any atom is 0.294 e. The predicted octanol–water partition coefficient (Wildman–Crippen LogP) is 4.49. The molecular weight excluding hydrogens is 406 g/mol. The first-order valence-electron chi connectivity index (χ1n) is 6.18. The summed E-state index contributed by atoms with van der Waals surface area (Å²) in [6.45, 7) is 4.42. The van der Waals surface area contributed by atoms with E-state index >= 15 is 0 Å². The van der Waals surface area contributed by atoms with E-state index in [0.29, 0.717) is 5.92 Å². The molecular formula is C15H16FIO3S. The number of benzene rings is 2. The van der Waals surface area contributed by atoms with Crippen molar-refractivity contribution in [1.82, 2.24) is 0 Å². The summed E-state index contributed by atoms with van der Waals surface area (Å²) in [6, 6.07) is 12.8. The van der Waals surface area contributed by atoms with E-state index in [0.717, 1.165) is 18.2 Å². The highest BCUT2D eigenvalue weighted by Gasteiger charge is 2.08. The fourth-order valence-electron chi connectivity index (χ4n) is 1.48. The lowest BCUT2D eigenvalue weighted by atomic mass is 10.0. The Morgan fingerprint density at radius 2 is 1.67 bits per heavy atom. The minimum absolute atomic E-state index is 0.433. The summed E-state index contributed by atoms with van der Waals surface area (Å²) in [7, 11) is -4.27. The third-order valence-corrected chi connectivity index (χ3v) is 4.20. The lowest BCUT2D eigenvalue weighted by molar-refractivity contribution is 0.482. The normalized spacial score (nSPS) is 11.0. The van der Waals surface area contributed by atoms with E-state index in [1.807, 2.05) is 0 Å². The average Bonchev–Trinajstić information content (AvgIpc) is 2.39. The van der Waals surface area contributed by atoms with Gasteiger partial charge in [-0.1, -0.05) is 32.0 Å². The molecule has 0 saturated carbocycles. The van der Waals surface area contributed by atoms with Gasteiger partial charge in [0.05, 0.1) is 4.90 Å². The van der Waals surface area contributed by atoms with Crippen molar-refractivity contribution in [3.05, 3.63) is 63.5 Å². The second kappa shape index (κ2) is 7.86. The van der Waals surface area contributed by atoms with E-state index in [4.69, 9.17) is 4.55 Å². The Bertz CT molecular complexity index is 682. The highest BCUT2D eigenvalue weighted by molar-refractivity contribution is 14.1. The van der Waals surface area contributed by atoms with E-state index in [9.17, 15) is 12.8 Å². The zero-order valence-electron chi connectivity index (χ0n) is 11.6. The Kier molecular flexibility index (Phi) is 6.76. The first-order valence-corrected chi connectivity index (χ1v) is 8.70. The Morgan fingerprint density at radius 1 is 1.10 bits per heavy atom. The second-order valence-electron chi connectivity index (χ2n) is 4.64. The van der Waals surface area contributed by atoms with Crippen molar-refractivity contribution < 1.29 is 17.4 Å². The fourth-order valence-corrected chi connectivity index (χ4v) is 2.35. The molecule has 0 bridgehead atoms. The second-order valence-corrected chi connectivity index (χ2v) is 7.31. The summed E-state index contributed by atoms with van der Waals surface area (Å²) in [6.07, 6.45) is 0. The number of rotatable bonds is 2. The molecule has 0 atom stereocenters. The standard InChI is InChI=1S/C9H11I.C6H5FO3S/c1-7(2)8-3-5-9(10)6-4-8;7-5-2-1-3-6(4-5)11(8,9)10/h3-7H,1-2H3;1-4H,(H,8,9,10). The van der Waals surface area contributed by atoms with Crippen LogP contribution in [0.2, 0.25) is 0 Å². The Balaban J connectivity index is 0.000000211. The van der Waals surface area contributed by atoms with E-state index in [-0.39, 0.29) is 0 Å². The van der Waals surface area contributed by atoms with Gasteiger partial charge in [-0.05, 0) is 64.4 Å². The van der Waals surface area contributed by atoms with Crippen LogP contribution in [0.5, 0.6) is 0 Å². The molecule has 0 aliphatic heterocycles. The summed E-state index contributed by atoms with van der Waals surface area (Å²) >= 11 is 2.32. The molecule has 0 saturated heterocycles. The van der Waals surface area contributed by atoms with Crippen LogP contribution >= 0.6 is 22.6 Å². The summed E-state index contributed by atoms with van der Waals surface area (Å²) in [5.41, 5.74) is 1.42. The zero-order valence-corrected chi connectivity index (χ0v) is 14.6. The van der Waals surface area contributed by atoms with Gasteiger partial charge in [-0.15, -0.1) is 0 Å². The highest BCUT2D eigenvalue weighted by Crippen LogP contribution is 2.15. The van der Waals surface area contributed by atoms with Crippen LogP contribution < -0.4 is 0 Å². The Morgan fingerprint density at radius 3 is 2.05 bits per heavy atom. The summed E-state index contributed by atoms with van der Waals surface area (Å²) in [5.74, 6) is -0.0443. The molecule has 2 rings (SSSR count). The van der Waals surface area contributed by atoms with Gasteiger partial charge in [0.15, 0.2) is 0 Å². The predicted molar refractivity (Wildman–Crippen MR) is 89.5 cm³/mol. The molecule has 114 valence electrons. The van der Waals surface area contributed by atoms with E-state index in [1.54, 1.807) is 0 Å². The summed E-state index contributed by atoms with van der Waals surface area (Å²) in [5, 5.41) is 0. The van der Waals surface area contributed by atoms with Crippen molar-refractivity contribution in [3.63, 3.8) is 0 Å². The molecule has 1 N–H and O–H groups in total. The van der Waals surface area contributed by atoms with Gasteiger partial charge in [0.1, 0.15) is 5.82 Å². The van der Waals surface area contributed by atoms with Gasteiger partial charge in [-0.25, -0.2) is 4.39 Å². The molecule has 2 aromatic carbocycles. The van der Waals surface area contributed by atoms with Gasteiger partial charge < -0.3 is 0 Å². The maximum atomic E-state index is 12.3. The minimum Gasteiger partial charge on any atom is -0.282 e. The topological polar surface area (TPSA) is 54.4 Å². The fraction of sp³-hybridized carbons (Fsp3) is 0.200. The molecule has 0 aromatic heterocycles. The lowest BCUT2D eigenvalue weighted by Crippen LogP contribution is -1.97. The van der Waals surface area contributed by atoms with Crippen molar-refractivity contribution in [2.45, 2.75) is 24.7 Å². The van der Waals surface area contributed by atoms with Crippen LogP contribution in [0.4, 0.5) is 4.39 Å². The van der Waals surface area contributed by atoms with Gasteiger partial charge in [0.2, 0.25) is 0 Å². The van der Waals surface area contributed by atoms with Crippen LogP contribution in [0.3, 0.4) is 0 Å². The monoisotopic (exact) mass is 422 g/mol. The molecule has 0 radical (unpaired) electrons. The third kappa shape index (κ3) is 6.54. The number of halogens is 2. The van der Waals surface area contributed by atoms with Crippen molar-refractivity contribution in [2.75, 3.05) is 0 Å². The SMILES string of the molecule is CC(C)c1ccc(I)cc1.O=S(=O)(O)c1cccc(F)c1. The molecule has 0 heterocycles. The van der Waals surface area contributed by atoms with Gasteiger partial charge in [0.25, 0.3) is 10.1 Å². The lowest BCUT2D eigenvalue weighted by Gasteiger charge is -2.03. The molecule has 0 aliphatic rings. The quantitative estimate of drug-likeness (QED) is 0.574. The van der Waals surface area contributed by atoms with Crippen molar-refractivity contribution in [3.8, 4) is 0 Å². The van der Waals surface area contributed by atoms with Crippen LogP contribution in [0.1, 0.15) is 25.3 Å². The molecule has 3 nitrogen and oxygen atoms in total. The molecule has 0 aliphatic carbocycles. The molecule has 6 heteroatoms. The average molecular weight is 422 g/mol. The van der Waals surface area contributed by atoms with E-state index < -0.39 is 20.8 Å². The van der Waals surface area contributed by atoms with Gasteiger partial charge >= 0.3 is 0 Å². The molecule has 2 aromatic rings. The zero-order chi connectivity index (χ0) is 16.0. The van der Waals surface area contributed by atoms with Crippen LogP contribution in [0.15, 0.2) is 53.4 Å². The van der Waals surface area contributed by atoms with E-state index in [2.05, 4.69) is 60.7 Å². The smallest absolute Gasteiger partial charge is 0.282 e. The van der Waals surface area contributed by atoms with Crippen molar-refractivity contribution in [1.29, 1.82) is 0 Å².